The summed E-state index contributed by atoms with van der Waals surface area (Å²) in [5.41, 5.74) is 2.34. The van der Waals surface area contributed by atoms with Gasteiger partial charge in [-0.05, 0) is 74.1 Å². The van der Waals surface area contributed by atoms with E-state index in [0.29, 0.717) is 11.3 Å². The molecule has 2 nitrogen and oxygen atoms in total. The predicted molar refractivity (Wildman–Crippen MR) is 111 cm³/mol. The predicted octanol–water partition coefficient (Wildman–Crippen LogP) is 7.11. The summed E-state index contributed by atoms with van der Waals surface area (Å²) in [6.07, 6.45) is 5.10. The molecule has 24 heavy (non-hydrogen) atoms. The van der Waals surface area contributed by atoms with Crippen molar-refractivity contribution in [2.75, 3.05) is 0 Å². The number of thiophene rings is 2. The summed E-state index contributed by atoms with van der Waals surface area (Å²) in [5.74, 6) is 0.677. The smallest absolute Gasteiger partial charge is 0.134 e. The Balaban J connectivity index is 1.91. The lowest BCUT2D eigenvalue weighted by Crippen LogP contribution is -2.26. The highest BCUT2D eigenvalue weighted by Gasteiger charge is 2.32. The molecule has 126 valence electrons. The topological polar surface area (TPSA) is 36.1 Å². The minimum absolute atomic E-state index is 0.313. The van der Waals surface area contributed by atoms with Crippen LogP contribution in [0.25, 0.3) is 0 Å². The van der Waals surface area contributed by atoms with Gasteiger partial charge in [0.25, 0.3) is 0 Å². The molecule has 0 radical (unpaired) electrons. The molecule has 0 aliphatic heterocycles. The van der Waals surface area contributed by atoms with Gasteiger partial charge in [-0.1, -0.05) is 20.8 Å². The zero-order chi connectivity index (χ0) is 17.5. The number of halogens is 2. The Bertz CT molecular complexity index is 815. The molecule has 2 heterocycles. The molecule has 0 unspecified atom stereocenters. The van der Waals surface area contributed by atoms with Gasteiger partial charge in [-0.2, -0.15) is 5.26 Å². The van der Waals surface area contributed by atoms with Gasteiger partial charge in [0.1, 0.15) is 11.1 Å². The average Bonchev–Trinajstić information content (AvgIpc) is 3.03. The summed E-state index contributed by atoms with van der Waals surface area (Å²) in [7, 11) is 0. The van der Waals surface area contributed by atoms with Crippen LogP contribution in [0.4, 0.5) is 5.00 Å². The van der Waals surface area contributed by atoms with Gasteiger partial charge >= 0.3 is 0 Å². The van der Waals surface area contributed by atoms with Crippen molar-refractivity contribution in [2.45, 2.75) is 40.0 Å². The van der Waals surface area contributed by atoms with Crippen molar-refractivity contribution in [3.05, 3.63) is 35.2 Å². The van der Waals surface area contributed by atoms with Crippen LogP contribution in [0.2, 0.25) is 0 Å². The molecule has 0 amide bonds. The van der Waals surface area contributed by atoms with Crippen molar-refractivity contribution in [1.29, 1.82) is 5.26 Å². The number of hydrogen-bond donors (Lipinski definition) is 0. The highest BCUT2D eigenvalue weighted by molar-refractivity contribution is 9.13. The molecule has 0 fully saturated rings. The molecule has 0 aromatic carbocycles. The van der Waals surface area contributed by atoms with Crippen molar-refractivity contribution in [3.8, 4) is 6.07 Å². The van der Waals surface area contributed by atoms with Crippen LogP contribution in [0.3, 0.4) is 0 Å². The van der Waals surface area contributed by atoms with E-state index in [1.54, 1.807) is 22.7 Å². The van der Waals surface area contributed by atoms with Crippen LogP contribution in [0.5, 0.6) is 0 Å². The summed E-state index contributed by atoms with van der Waals surface area (Å²) in [6, 6.07) is 4.43. The number of rotatable bonds is 2. The first-order chi connectivity index (χ1) is 11.3. The zero-order valence-electron chi connectivity index (χ0n) is 13.8. The maximum Gasteiger partial charge on any atom is 0.134 e. The Morgan fingerprint density at radius 1 is 1.33 bits per heavy atom. The Morgan fingerprint density at radius 2 is 2.08 bits per heavy atom. The van der Waals surface area contributed by atoms with Crippen LogP contribution < -0.4 is 0 Å². The Labute approximate surface area is 167 Å². The molecule has 2 aromatic rings. The lowest BCUT2D eigenvalue weighted by atomic mass is 9.72. The van der Waals surface area contributed by atoms with Gasteiger partial charge in [0, 0.05) is 20.4 Å². The van der Waals surface area contributed by atoms with Gasteiger partial charge in [0.2, 0.25) is 0 Å². The largest absolute Gasteiger partial charge is 0.243 e. The fourth-order valence-corrected chi connectivity index (χ4v) is 6.25. The van der Waals surface area contributed by atoms with Gasteiger partial charge in [-0.3, -0.25) is 0 Å². The molecular weight excluding hydrogens is 468 g/mol. The first-order valence-electron chi connectivity index (χ1n) is 7.83. The second-order valence-corrected chi connectivity index (χ2v) is 11.5. The van der Waals surface area contributed by atoms with Crippen molar-refractivity contribution < 1.29 is 0 Å². The third kappa shape index (κ3) is 3.70. The molecule has 3 rings (SSSR count). The number of nitriles is 1. The third-order valence-corrected chi connectivity index (χ3v) is 8.91. The minimum atomic E-state index is 0.313. The lowest BCUT2D eigenvalue weighted by Gasteiger charge is -2.33. The molecule has 0 saturated heterocycles. The van der Waals surface area contributed by atoms with E-state index in [-0.39, 0.29) is 0 Å². The van der Waals surface area contributed by atoms with Gasteiger partial charge in [0.05, 0.1) is 9.35 Å². The normalized spacial score (nSPS) is 17.9. The fourth-order valence-electron chi connectivity index (χ4n) is 3.07. The van der Waals surface area contributed by atoms with E-state index in [2.05, 4.69) is 63.7 Å². The second-order valence-electron chi connectivity index (χ2n) is 7.13. The van der Waals surface area contributed by atoms with Gasteiger partial charge in [0.15, 0.2) is 0 Å². The van der Waals surface area contributed by atoms with Crippen LogP contribution in [-0.2, 0) is 12.8 Å². The Hall–Kier alpha value is -0.480. The summed E-state index contributed by atoms with van der Waals surface area (Å²) in [6.45, 7) is 6.94. The molecule has 1 atom stereocenters. The van der Waals surface area contributed by atoms with Crippen LogP contribution in [0.15, 0.2) is 19.3 Å². The standard InChI is InChI=1S/C18H18Br2N2S2/c1-18(2,3)10-4-5-12-13(8-21)17(24-15(12)6-10)22-9-11-7-14(19)16(20)23-11/h7,9-10H,4-6H2,1-3H3/t10-/m1/s1. The molecule has 1 aliphatic rings. The Kier molecular flexibility index (Phi) is 5.36. The van der Waals surface area contributed by atoms with E-state index >= 15 is 0 Å². The maximum absolute atomic E-state index is 9.60. The molecular formula is C18H18Br2N2S2. The molecule has 1 aliphatic carbocycles. The van der Waals surface area contributed by atoms with Crippen molar-refractivity contribution >= 4 is 65.7 Å². The van der Waals surface area contributed by atoms with Crippen LogP contribution >= 0.6 is 54.5 Å². The molecule has 6 heteroatoms. The average molecular weight is 486 g/mol. The number of nitrogens with zero attached hydrogens (tertiary/aromatic N) is 2. The van der Waals surface area contributed by atoms with E-state index in [1.165, 1.54) is 10.4 Å². The first-order valence-corrected chi connectivity index (χ1v) is 11.0. The monoisotopic (exact) mass is 484 g/mol. The third-order valence-electron chi connectivity index (χ3n) is 4.56. The number of aliphatic imine (C=N–C) groups is 1. The van der Waals surface area contributed by atoms with Crippen LogP contribution in [0, 0.1) is 22.7 Å². The van der Waals surface area contributed by atoms with E-state index in [4.69, 9.17) is 0 Å². The van der Waals surface area contributed by atoms with Crippen molar-refractivity contribution in [3.63, 3.8) is 0 Å². The summed E-state index contributed by atoms with van der Waals surface area (Å²) >= 11 is 10.3. The van der Waals surface area contributed by atoms with Crippen LogP contribution in [-0.4, -0.2) is 6.21 Å². The zero-order valence-corrected chi connectivity index (χ0v) is 18.6. The van der Waals surface area contributed by atoms with Gasteiger partial charge in [-0.15, -0.1) is 22.7 Å². The van der Waals surface area contributed by atoms with E-state index in [1.807, 2.05) is 12.3 Å². The van der Waals surface area contributed by atoms with Gasteiger partial charge in [-0.25, -0.2) is 4.99 Å². The molecule has 2 aromatic heterocycles. The van der Waals surface area contributed by atoms with E-state index in [0.717, 1.165) is 43.0 Å². The van der Waals surface area contributed by atoms with E-state index in [9.17, 15) is 5.26 Å². The lowest BCUT2D eigenvalue weighted by molar-refractivity contribution is 0.218. The molecule has 0 N–H and O–H groups in total. The fraction of sp³-hybridized carbons (Fsp3) is 0.444. The minimum Gasteiger partial charge on any atom is -0.243 e. The highest BCUT2D eigenvalue weighted by Crippen LogP contribution is 2.45. The summed E-state index contributed by atoms with van der Waals surface area (Å²) < 4.78 is 2.09. The molecule has 0 saturated carbocycles. The van der Waals surface area contributed by atoms with Crippen molar-refractivity contribution in [2.24, 2.45) is 16.3 Å². The van der Waals surface area contributed by atoms with Crippen LogP contribution in [0.1, 0.15) is 48.1 Å². The molecule has 0 bridgehead atoms. The molecule has 0 spiro atoms. The van der Waals surface area contributed by atoms with Gasteiger partial charge < -0.3 is 0 Å². The summed E-state index contributed by atoms with van der Waals surface area (Å²) in [4.78, 5) is 7.06. The summed E-state index contributed by atoms with van der Waals surface area (Å²) in [5, 5.41) is 10.5. The van der Waals surface area contributed by atoms with Crippen molar-refractivity contribution in [1.82, 2.24) is 0 Å². The SMILES string of the molecule is CC(C)(C)[C@@H]1CCc2c(sc(N=Cc3cc(Br)c(Br)s3)c2C#N)C1. The first kappa shape index (κ1) is 18.3. The second kappa shape index (κ2) is 7.03. The quantitative estimate of drug-likeness (QED) is 0.417. The highest BCUT2D eigenvalue weighted by atomic mass is 79.9. The Morgan fingerprint density at radius 3 is 2.67 bits per heavy atom. The maximum atomic E-state index is 9.60. The van der Waals surface area contributed by atoms with E-state index < -0.39 is 0 Å². The number of hydrogen-bond acceptors (Lipinski definition) is 4. The number of fused-ring (bicyclic) bond motifs is 1.